The van der Waals surface area contributed by atoms with E-state index in [0.29, 0.717) is 71.1 Å². The van der Waals surface area contributed by atoms with Crippen LogP contribution in [-0.4, -0.2) is 57.2 Å². The van der Waals surface area contributed by atoms with Crippen molar-refractivity contribution in [1.29, 1.82) is 0 Å². The SMILES string of the molecule is Cc1ccc2nc(N3CCN(c4ccccc4F)CC3)c(C=C3SC(=S)N(CCc4ccccc4)C3=O)c(=O)n2c1. The second-order valence-corrected chi connectivity index (χ2v) is 11.8. The molecule has 0 N–H and O–H groups in total. The van der Waals surface area contributed by atoms with Crippen LogP contribution < -0.4 is 15.4 Å². The van der Waals surface area contributed by atoms with Gasteiger partial charge in [-0.1, -0.05) is 72.5 Å². The Morgan fingerprint density at radius 2 is 1.66 bits per heavy atom. The van der Waals surface area contributed by atoms with Gasteiger partial charge in [-0.2, -0.15) is 0 Å². The van der Waals surface area contributed by atoms with Gasteiger partial charge in [0.1, 0.15) is 21.6 Å². The van der Waals surface area contributed by atoms with Crippen molar-refractivity contribution in [3.05, 3.63) is 111 Å². The maximum absolute atomic E-state index is 14.4. The fraction of sp³-hybridized carbons (Fsp3) is 0.226. The van der Waals surface area contributed by atoms with E-state index in [2.05, 4.69) is 0 Å². The molecule has 4 aromatic rings. The first-order chi connectivity index (χ1) is 19.9. The summed E-state index contributed by atoms with van der Waals surface area (Å²) in [5.74, 6) is 0.0509. The van der Waals surface area contributed by atoms with Gasteiger partial charge in [0.25, 0.3) is 11.5 Å². The molecule has 0 aliphatic carbocycles. The van der Waals surface area contributed by atoms with Crippen LogP contribution in [0.3, 0.4) is 0 Å². The minimum atomic E-state index is -0.256. The lowest BCUT2D eigenvalue weighted by molar-refractivity contribution is -0.122. The largest absolute Gasteiger partial charge is 0.366 e. The van der Waals surface area contributed by atoms with E-state index in [0.717, 1.165) is 11.1 Å². The third kappa shape index (κ3) is 5.49. The maximum Gasteiger partial charge on any atom is 0.267 e. The monoisotopic (exact) mass is 585 g/mol. The number of aryl methyl sites for hydroxylation is 1. The van der Waals surface area contributed by atoms with Gasteiger partial charge in [0.05, 0.1) is 16.2 Å². The van der Waals surface area contributed by atoms with Crippen LogP contribution in [-0.2, 0) is 11.2 Å². The summed E-state index contributed by atoms with van der Waals surface area (Å²) in [6.07, 6.45) is 4.08. The molecule has 2 aromatic carbocycles. The van der Waals surface area contributed by atoms with Crippen LogP contribution in [0.15, 0.2) is 82.6 Å². The summed E-state index contributed by atoms with van der Waals surface area (Å²) in [4.78, 5) is 38.2. The summed E-state index contributed by atoms with van der Waals surface area (Å²) < 4.78 is 16.4. The lowest BCUT2D eigenvalue weighted by atomic mass is 10.1. The zero-order chi connectivity index (χ0) is 28.5. The second-order valence-electron chi connectivity index (χ2n) is 10.1. The standard InChI is InChI=1S/C31H28FN5O2S2/c1-21-11-12-27-33-28(35-17-15-34(16-18-35)25-10-6-5-9-24(25)32)23(29(38)37(27)20-21)19-26-30(39)36(31(40)41-26)14-13-22-7-3-2-4-8-22/h2-12,19-20H,13-18H2,1H3. The number of thiocarbonyl (C=S) groups is 1. The van der Waals surface area contributed by atoms with Crippen LogP contribution in [0.2, 0.25) is 0 Å². The van der Waals surface area contributed by atoms with Crippen LogP contribution in [0.25, 0.3) is 11.7 Å². The molecule has 0 bridgehead atoms. The number of piperazine rings is 1. The van der Waals surface area contributed by atoms with Gasteiger partial charge in [-0.05, 0) is 48.7 Å². The predicted octanol–water partition coefficient (Wildman–Crippen LogP) is 4.91. The highest BCUT2D eigenvalue weighted by Gasteiger charge is 2.33. The molecule has 2 saturated heterocycles. The normalized spacial score (nSPS) is 16.8. The van der Waals surface area contributed by atoms with Crippen LogP contribution >= 0.6 is 24.0 Å². The Morgan fingerprint density at radius 1 is 0.951 bits per heavy atom. The van der Waals surface area contributed by atoms with Crippen LogP contribution in [0, 0.1) is 12.7 Å². The van der Waals surface area contributed by atoms with E-state index in [-0.39, 0.29) is 17.3 Å². The average Bonchev–Trinajstić information content (AvgIpc) is 3.26. The number of hydrogen-bond donors (Lipinski definition) is 0. The summed E-state index contributed by atoms with van der Waals surface area (Å²) in [6, 6.07) is 20.4. The number of para-hydroxylation sites is 1. The van der Waals surface area contributed by atoms with Gasteiger partial charge in [-0.25, -0.2) is 9.37 Å². The van der Waals surface area contributed by atoms with Crippen molar-refractivity contribution < 1.29 is 9.18 Å². The van der Waals surface area contributed by atoms with E-state index in [9.17, 15) is 14.0 Å². The molecule has 1 amide bonds. The van der Waals surface area contributed by atoms with Crippen LogP contribution in [0.1, 0.15) is 16.7 Å². The van der Waals surface area contributed by atoms with Crippen molar-refractivity contribution in [3.63, 3.8) is 0 Å². The maximum atomic E-state index is 14.4. The number of nitrogens with zero attached hydrogens (tertiary/aromatic N) is 5. The van der Waals surface area contributed by atoms with Gasteiger partial charge >= 0.3 is 0 Å². The molecule has 10 heteroatoms. The molecule has 6 rings (SSSR count). The van der Waals surface area contributed by atoms with Gasteiger partial charge in [0.15, 0.2) is 0 Å². The third-order valence-electron chi connectivity index (χ3n) is 7.37. The first kappa shape index (κ1) is 27.2. The van der Waals surface area contributed by atoms with Gasteiger partial charge in [-0.15, -0.1) is 0 Å². The number of carbonyl (C=O) groups is 1. The van der Waals surface area contributed by atoms with Gasteiger partial charge in [0.2, 0.25) is 0 Å². The lowest BCUT2D eigenvalue weighted by Crippen LogP contribution is -2.47. The summed E-state index contributed by atoms with van der Waals surface area (Å²) in [6.45, 7) is 4.60. The Labute approximate surface area is 246 Å². The van der Waals surface area contributed by atoms with E-state index < -0.39 is 0 Å². The van der Waals surface area contributed by atoms with Crippen molar-refractivity contribution in [3.8, 4) is 0 Å². The van der Waals surface area contributed by atoms with E-state index in [1.807, 2.05) is 65.3 Å². The molecule has 41 heavy (non-hydrogen) atoms. The Hall–Kier alpha value is -4.02. The van der Waals surface area contributed by atoms with Gasteiger partial charge in [0, 0.05) is 38.9 Å². The molecule has 0 unspecified atom stereocenters. The Kier molecular flexibility index (Phi) is 7.59. The van der Waals surface area contributed by atoms with Crippen molar-refractivity contribution in [2.75, 3.05) is 42.5 Å². The van der Waals surface area contributed by atoms with Crippen molar-refractivity contribution >= 4 is 57.4 Å². The van der Waals surface area contributed by atoms with E-state index in [1.54, 1.807) is 29.3 Å². The molecule has 208 valence electrons. The molecular weight excluding hydrogens is 558 g/mol. The number of anilines is 2. The Balaban J connectivity index is 1.32. The summed E-state index contributed by atoms with van der Waals surface area (Å²) in [5.41, 5.74) is 3.23. The fourth-order valence-electron chi connectivity index (χ4n) is 5.19. The van der Waals surface area contributed by atoms with E-state index >= 15 is 0 Å². The minimum absolute atomic E-state index is 0.208. The number of fused-ring (bicyclic) bond motifs is 1. The van der Waals surface area contributed by atoms with Gasteiger partial charge < -0.3 is 9.80 Å². The van der Waals surface area contributed by atoms with Crippen molar-refractivity contribution in [1.82, 2.24) is 14.3 Å². The number of thioether (sulfide) groups is 1. The second kappa shape index (κ2) is 11.5. The minimum Gasteiger partial charge on any atom is -0.366 e. The van der Waals surface area contributed by atoms with Crippen LogP contribution in [0.4, 0.5) is 15.9 Å². The molecule has 4 heterocycles. The number of amides is 1. The number of hydrogen-bond acceptors (Lipinski definition) is 7. The molecule has 2 aromatic heterocycles. The Morgan fingerprint density at radius 3 is 2.41 bits per heavy atom. The first-order valence-corrected chi connectivity index (χ1v) is 14.7. The highest BCUT2D eigenvalue weighted by atomic mass is 32.2. The number of benzene rings is 2. The molecule has 2 aliphatic heterocycles. The first-order valence-electron chi connectivity index (χ1n) is 13.5. The smallest absolute Gasteiger partial charge is 0.267 e. The van der Waals surface area contributed by atoms with Gasteiger partial charge in [-0.3, -0.25) is 18.9 Å². The number of pyridine rings is 1. The molecule has 0 atom stereocenters. The fourth-order valence-corrected chi connectivity index (χ4v) is 6.48. The molecule has 7 nitrogen and oxygen atoms in total. The summed E-state index contributed by atoms with van der Waals surface area (Å²) >= 11 is 6.77. The molecular formula is C31H28FN5O2S2. The molecule has 2 aliphatic rings. The quantitative estimate of drug-likeness (QED) is 0.235. The number of halogens is 1. The third-order valence-corrected chi connectivity index (χ3v) is 8.75. The van der Waals surface area contributed by atoms with E-state index in [1.165, 1.54) is 22.2 Å². The summed E-state index contributed by atoms with van der Waals surface area (Å²) in [7, 11) is 0. The molecule has 2 fully saturated rings. The zero-order valence-electron chi connectivity index (χ0n) is 22.5. The molecule has 0 spiro atoms. The Bertz CT molecular complexity index is 1730. The van der Waals surface area contributed by atoms with E-state index in [4.69, 9.17) is 17.2 Å². The number of aromatic nitrogens is 2. The van der Waals surface area contributed by atoms with Crippen LogP contribution in [0.5, 0.6) is 0 Å². The predicted molar refractivity (Wildman–Crippen MR) is 167 cm³/mol. The summed E-state index contributed by atoms with van der Waals surface area (Å²) in [5, 5.41) is 0. The number of rotatable bonds is 6. The van der Waals surface area contributed by atoms with Crippen molar-refractivity contribution in [2.24, 2.45) is 0 Å². The average molecular weight is 586 g/mol. The molecule has 0 saturated carbocycles. The number of carbonyl (C=O) groups excluding carboxylic acids is 1. The zero-order valence-corrected chi connectivity index (χ0v) is 24.1. The highest BCUT2D eigenvalue weighted by molar-refractivity contribution is 8.26. The topological polar surface area (TPSA) is 61.2 Å². The molecule has 0 radical (unpaired) electrons. The van der Waals surface area contributed by atoms with Crippen molar-refractivity contribution in [2.45, 2.75) is 13.3 Å². The lowest BCUT2D eigenvalue weighted by Gasteiger charge is -2.37. The highest BCUT2D eigenvalue weighted by Crippen LogP contribution is 2.34.